The van der Waals surface area contributed by atoms with E-state index in [4.69, 9.17) is 0 Å². The van der Waals surface area contributed by atoms with Crippen LogP contribution >= 0.6 is 11.8 Å². The number of guanidine groups is 1. The van der Waals surface area contributed by atoms with Gasteiger partial charge >= 0.3 is 0 Å². The molecule has 3 rings (SSSR count). The Labute approximate surface area is 161 Å². The maximum atomic E-state index is 4.32. The third-order valence-electron chi connectivity index (χ3n) is 4.54. The highest BCUT2D eigenvalue weighted by Crippen LogP contribution is 2.19. The van der Waals surface area contributed by atoms with Gasteiger partial charge in [0.2, 0.25) is 0 Å². The monoisotopic (exact) mass is 368 g/mol. The quantitative estimate of drug-likeness (QED) is 0.627. The largest absolute Gasteiger partial charge is 0.370 e. The molecule has 1 aliphatic rings. The second-order valence-corrected chi connectivity index (χ2v) is 7.76. The predicted octanol–water partition coefficient (Wildman–Crippen LogP) is 3.41. The molecule has 0 unspecified atom stereocenters. The van der Waals surface area contributed by atoms with Gasteiger partial charge in [-0.2, -0.15) is 11.8 Å². The van der Waals surface area contributed by atoms with E-state index >= 15 is 0 Å². The number of thioether (sulfide) groups is 1. The van der Waals surface area contributed by atoms with Gasteiger partial charge in [0.25, 0.3) is 0 Å². The maximum Gasteiger partial charge on any atom is 0.191 e. The van der Waals surface area contributed by atoms with Crippen molar-refractivity contribution in [3.05, 3.63) is 65.2 Å². The molecule has 0 bridgehead atoms. The minimum atomic E-state index is 0.767. The molecule has 0 aromatic heterocycles. The number of nitrogens with one attached hydrogen (secondary N) is 2. The van der Waals surface area contributed by atoms with Gasteiger partial charge in [0.1, 0.15) is 0 Å². The molecule has 0 aliphatic carbocycles. The van der Waals surface area contributed by atoms with E-state index in [-0.39, 0.29) is 0 Å². The van der Waals surface area contributed by atoms with Crippen molar-refractivity contribution < 1.29 is 0 Å². The van der Waals surface area contributed by atoms with E-state index in [9.17, 15) is 0 Å². The molecule has 2 aromatic rings. The molecule has 0 radical (unpaired) electrons. The van der Waals surface area contributed by atoms with E-state index < -0.39 is 0 Å². The molecule has 2 N–H and O–H groups in total. The molecule has 1 heterocycles. The first-order valence-corrected chi connectivity index (χ1v) is 10.3. The van der Waals surface area contributed by atoms with E-state index in [1.807, 2.05) is 18.8 Å². The summed E-state index contributed by atoms with van der Waals surface area (Å²) in [6.45, 7) is 5.95. The Kier molecular flexibility index (Phi) is 6.83. The second-order valence-electron chi connectivity index (χ2n) is 6.53. The van der Waals surface area contributed by atoms with Crippen LogP contribution in [-0.4, -0.2) is 37.6 Å². The number of benzene rings is 2. The van der Waals surface area contributed by atoms with Gasteiger partial charge in [0, 0.05) is 50.4 Å². The zero-order chi connectivity index (χ0) is 18.2. The summed E-state index contributed by atoms with van der Waals surface area (Å²) in [5.41, 5.74) is 5.13. The molecule has 26 heavy (non-hydrogen) atoms. The van der Waals surface area contributed by atoms with Crippen LogP contribution in [0.1, 0.15) is 16.7 Å². The number of hydrogen-bond donors (Lipinski definition) is 2. The Morgan fingerprint density at radius 1 is 1.00 bits per heavy atom. The van der Waals surface area contributed by atoms with E-state index in [2.05, 4.69) is 76.0 Å². The minimum Gasteiger partial charge on any atom is -0.370 e. The van der Waals surface area contributed by atoms with Gasteiger partial charge in [0.15, 0.2) is 5.96 Å². The van der Waals surface area contributed by atoms with Gasteiger partial charge in [-0.1, -0.05) is 42.0 Å². The molecule has 5 heteroatoms. The highest BCUT2D eigenvalue weighted by molar-refractivity contribution is 7.99. The fourth-order valence-corrected chi connectivity index (χ4v) is 3.96. The Hall–Kier alpha value is -2.14. The summed E-state index contributed by atoms with van der Waals surface area (Å²) in [5, 5.41) is 6.77. The van der Waals surface area contributed by atoms with Crippen molar-refractivity contribution in [2.24, 2.45) is 4.99 Å². The van der Waals surface area contributed by atoms with E-state index in [1.54, 1.807) is 0 Å². The lowest BCUT2D eigenvalue weighted by molar-refractivity contribution is 0.807. The summed E-state index contributed by atoms with van der Waals surface area (Å²) < 4.78 is 0. The summed E-state index contributed by atoms with van der Waals surface area (Å²) in [7, 11) is 1.81. The van der Waals surface area contributed by atoms with Gasteiger partial charge < -0.3 is 15.5 Å². The highest BCUT2D eigenvalue weighted by atomic mass is 32.2. The second kappa shape index (κ2) is 9.53. The van der Waals surface area contributed by atoms with Crippen molar-refractivity contribution in [1.82, 2.24) is 10.6 Å². The third-order valence-corrected chi connectivity index (χ3v) is 5.48. The van der Waals surface area contributed by atoms with Crippen LogP contribution in [-0.2, 0) is 13.1 Å². The smallest absolute Gasteiger partial charge is 0.191 e. The number of nitrogens with zero attached hydrogens (tertiary/aromatic N) is 2. The van der Waals surface area contributed by atoms with E-state index in [1.165, 1.54) is 33.9 Å². The summed E-state index contributed by atoms with van der Waals surface area (Å²) in [4.78, 5) is 6.78. The normalized spacial score (nSPS) is 15.0. The van der Waals surface area contributed by atoms with Gasteiger partial charge in [-0.25, -0.2) is 0 Å². The summed E-state index contributed by atoms with van der Waals surface area (Å²) in [6, 6.07) is 17.4. The van der Waals surface area contributed by atoms with Crippen molar-refractivity contribution >= 4 is 23.4 Å². The fourth-order valence-electron chi connectivity index (χ4n) is 3.06. The molecule has 2 aromatic carbocycles. The van der Waals surface area contributed by atoms with Crippen molar-refractivity contribution in [3.63, 3.8) is 0 Å². The minimum absolute atomic E-state index is 0.767. The lowest BCUT2D eigenvalue weighted by atomic mass is 10.1. The Balaban J connectivity index is 1.48. The zero-order valence-electron chi connectivity index (χ0n) is 15.7. The topological polar surface area (TPSA) is 39.7 Å². The Morgan fingerprint density at radius 2 is 1.69 bits per heavy atom. The van der Waals surface area contributed by atoms with Crippen LogP contribution in [0, 0.1) is 6.92 Å². The fraction of sp³-hybridized carbons (Fsp3) is 0.381. The average Bonchev–Trinajstić information content (AvgIpc) is 2.69. The number of aliphatic imine (C=N–C) groups is 1. The summed E-state index contributed by atoms with van der Waals surface area (Å²) in [5.74, 6) is 3.28. The Bertz CT molecular complexity index is 721. The third kappa shape index (κ3) is 5.43. The van der Waals surface area contributed by atoms with Gasteiger partial charge in [-0.05, 0) is 30.2 Å². The number of hydrogen-bond acceptors (Lipinski definition) is 3. The lowest BCUT2D eigenvalue weighted by Crippen LogP contribution is -2.36. The first-order chi connectivity index (χ1) is 12.7. The van der Waals surface area contributed by atoms with E-state index in [0.29, 0.717) is 0 Å². The lowest BCUT2D eigenvalue weighted by Gasteiger charge is -2.28. The van der Waals surface area contributed by atoms with Crippen LogP contribution in [0.5, 0.6) is 0 Å². The van der Waals surface area contributed by atoms with Crippen molar-refractivity contribution in [1.29, 1.82) is 0 Å². The van der Waals surface area contributed by atoms with Gasteiger partial charge in [-0.15, -0.1) is 0 Å². The maximum absolute atomic E-state index is 4.32. The Morgan fingerprint density at radius 3 is 2.35 bits per heavy atom. The van der Waals surface area contributed by atoms with Crippen LogP contribution in [0.25, 0.3) is 0 Å². The molecule has 0 spiro atoms. The molecule has 0 saturated carbocycles. The predicted molar refractivity (Wildman–Crippen MR) is 114 cm³/mol. The van der Waals surface area contributed by atoms with Crippen molar-refractivity contribution in [2.75, 3.05) is 36.5 Å². The molecular weight excluding hydrogens is 340 g/mol. The van der Waals surface area contributed by atoms with Crippen molar-refractivity contribution in [2.45, 2.75) is 20.0 Å². The average molecular weight is 369 g/mol. The van der Waals surface area contributed by atoms with Gasteiger partial charge in [0.05, 0.1) is 0 Å². The number of aryl methyl sites for hydroxylation is 1. The number of rotatable bonds is 5. The molecule has 1 aliphatic heterocycles. The van der Waals surface area contributed by atoms with Crippen LogP contribution in [0.15, 0.2) is 53.5 Å². The van der Waals surface area contributed by atoms with E-state index in [0.717, 1.165) is 32.1 Å². The number of anilines is 1. The molecule has 0 atom stereocenters. The van der Waals surface area contributed by atoms with Crippen LogP contribution in [0.4, 0.5) is 5.69 Å². The molecule has 138 valence electrons. The molecular formula is C21H28N4S. The SMILES string of the molecule is CN=C(NCc1ccc(N2CCSCC2)cc1)NCc1cccc(C)c1. The molecule has 0 amide bonds. The first kappa shape index (κ1) is 18.6. The molecule has 1 saturated heterocycles. The standard InChI is InChI=1S/C21H28N4S/c1-17-4-3-5-19(14-17)16-24-21(22-2)23-15-18-6-8-20(9-7-18)25-10-12-26-13-11-25/h3-9,14H,10-13,15-16H2,1-2H3,(H2,22,23,24). The first-order valence-electron chi connectivity index (χ1n) is 9.16. The van der Waals surface area contributed by atoms with Crippen LogP contribution in [0.2, 0.25) is 0 Å². The van der Waals surface area contributed by atoms with Crippen LogP contribution in [0.3, 0.4) is 0 Å². The zero-order valence-corrected chi connectivity index (χ0v) is 16.5. The summed E-state index contributed by atoms with van der Waals surface area (Å²) in [6.07, 6.45) is 0. The molecule has 1 fully saturated rings. The van der Waals surface area contributed by atoms with Gasteiger partial charge in [-0.3, -0.25) is 4.99 Å². The van der Waals surface area contributed by atoms with Crippen molar-refractivity contribution in [3.8, 4) is 0 Å². The highest BCUT2D eigenvalue weighted by Gasteiger charge is 2.10. The summed E-state index contributed by atoms with van der Waals surface area (Å²) >= 11 is 2.04. The van der Waals surface area contributed by atoms with Crippen LogP contribution < -0.4 is 15.5 Å². The molecule has 4 nitrogen and oxygen atoms in total.